The van der Waals surface area contributed by atoms with E-state index in [-0.39, 0.29) is 24.8 Å². The van der Waals surface area contributed by atoms with Crippen LogP contribution in [-0.4, -0.2) is 15.1 Å². The maximum atomic E-state index is 10.3. The molecule has 0 amide bonds. The monoisotopic (exact) mass is 357 g/mol. The van der Waals surface area contributed by atoms with Crippen LogP contribution in [0.4, 0.5) is 5.13 Å². The molecule has 118 valence electrons. The molecule has 1 aromatic carbocycles. The second-order valence-corrected chi connectivity index (χ2v) is 5.88. The number of hydrogen-bond acceptors (Lipinski definition) is 5. The van der Waals surface area contributed by atoms with E-state index in [1.165, 1.54) is 11.3 Å². The van der Waals surface area contributed by atoms with E-state index in [2.05, 4.69) is 9.97 Å². The lowest BCUT2D eigenvalue weighted by Crippen LogP contribution is -1.96. The van der Waals surface area contributed by atoms with Gasteiger partial charge in [0.05, 0.1) is 10.2 Å². The van der Waals surface area contributed by atoms with Crippen LogP contribution in [0.15, 0.2) is 24.5 Å². The molecule has 7 heteroatoms. The SMILES string of the molecule is Cc1c(O)c(C)c2sc(N)nc2c1Cc1cccnc1.Cl.Cl. The van der Waals surface area contributed by atoms with Gasteiger partial charge in [0.15, 0.2) is 5.13 Å². The summed E-state index contributed by atoms with van der Waals surface area (Å²) in [5, 5.41) is 10.8. The van der Waals surface area contributed by atoms with E-state index in [9.17, 15) is 5.11 Å². The van der Waals surface area contributed by atoms with Crippen LogP contribution in [0.25, 0.3) is 10.2 Å². The molecular formula is C15H17Cl2N3OS. The zero-order chi connectivity index (χ0) is 14.3. The topological polar surface area (TPSA) is 72.0 Å². The number of aromatic nitrogens is 2. The summed E-state index contributed by atoms with van der Waals surface area (Å²) >= 11 is 1.42. The molecule has 0 bridgehead atoms. The summed E-state index contributed by atoms with van der Waals surface area (Å²) in [6, 6.07) is 3.93. The fourth-order valence-electron chi connectivity index (χ4n) is 2.43. The van der Waals surface area contributed by atoms with Crippen LogP contribution >= 0.6 is 36.2 Å². The van der Waals surface area contributed by atoms with Gasteiger partial charge in [-0.2, -0.15) is 0 Å². The first-order chi connectivity index (χ1) is 9.58. The summed E-state index contributed by atoms with van der Waals surface area (Å²) < 4.78 is 0.962. The number of aryl methyl sites for hydroxylation is 1. The van der Waals surface area contributed by atoms with Crippen LogP contribution < -0.4 is 5.73 Å². The highest BCUT2D eigenvalue weighted by atomic mass is 35.5. The van der Waals surface area contributed by atoms with Crippen LogP contribution in [0.5, 0.6) is 5.75 Å². The molecular weight excluding hydrogens is 341 g/mol. The summed E-state index contributed by atoms with van der Waals surface area (Å²) in [4.78, 5) is 8.57. The van der Waals surface area contributed by atoms with Gasteiger partial charge in [0.1, 0.15) is 5.75 Å². The van der Waals surface area contributed by atoms with Crippen molar-refractivity contribution in [2.45, 2.75) is 20.3 Å². The van der Waals surface area contributed by atoms with E-state index in [1.807, 2.05) is 32.2 Å². The van der Waals surface area contributed by atoms with Gasteiger partial charge in [0.2, 0.25) is 0 Å². The van der Waals surface area contributed by atoms with Crippen LogP contribution in [0.3, 0.4) is 0 Å². The highest BCUT2D eigenvalue weighted by molar-refractivity contribution is 7.22. The number of nitrogens with zero attached hydrogens (tertiary/aromatic N) is 2. The lowest BCUT2D eigenvalue weighted by atomic mass is 9.97. The number of nitrogens with two attached hydrogens (primary N) is 1. The van der Waals surface area contributed by atoms with Crippen molar-refractivity contribution in [1.29, 1.82) is 0 Å². The molecule has 4 nitrogen and oxygen atoms in total. The zero-order valence-corrected chi connectivity index (χ0v) is 14.6. The molecule has 0 saturated carbocycles. The molecule has 3 N–H and O–H groups in total. The molecule has 2 aromatic heterocycles. The number of hydrogen-bond donors (Lipinski definition) is 2. The quantitative estimate of drug-likeness (QED) is 0.726. The standard InChI is InChI=1S/C15H15N3OS.2ClH/c1-8-11(6-10-4-3-5-17-7-10)12-14(9(2)13(8)19)20-15(16)18-12;;/h3-5,7,19H,6H2,1-2H3,(H2,16,18);2*1H. The maximum absolute atomic E-state index is 10.3. The van der Waals surface area contributed by atoms with E-state index < -0.39 is 0 Å². The predicted octanol–water partition coefficient (Wildman–Crippen LogP) is 4.03. The first-order valence-electron chi connectivity index (χ1n) is 6.34. The second kappa shape index (κ2) is 7.13. The third-order valence-corrected chi connectivity index (χ3v) is 4.54. The molecule has 0 aliphatic rings. The zero-order valence-electron chi connectivity index (χ0n) is 12.2. The third kappa shape index (κ3) is 3.11. The Bertz CT molecular complexity index is 791. The molecule has 22 heavy (non-hydrogen) atoms. The molecule has 0 fully saturated rings. The maximum Gasteiger partial charge on any atom is 0.181 e. The molecule has 3 rings (SSSR count). The number of nitrogen functional groups attached to an aromatic ring is 1. The largest absolute Gasteiger partial charge is 0.507 e. The number of pyridine rings is 1. The fraction of sp³-hybridized carbons (Fsp3) is 0.200. The molecule has 2 heterocycles. The van der Waals surface area contributed by atoms with Crippen LogP contribution in [-0.2, 0) is 6.42 Å². The van der Waals surface area contributed by atoms with E-state index in [1.54, 1.807) is 6.20 Å². The van der Waals surface area contributed by atoms with Gasteiger partial charge < -0.3 is 10.8 Å². The van der Waals surface area contributed by atoms with Crippen molar-refractivity contribution in [2.24, 2.45) is 0 Å². The number of halogens is 2. The van der Waals surface area contributed by atoms with E-state index >= 15 is 0 Å². The molecule has 0 atom stereocenters. The Labute approximate surface area is 145 Å². The van der Waals surface area contributed by atoms with Gasteiger partial charge in [0, 0.05) is 24.4 Å². The number of thiazole rings is 1. The summed E-state index contributed by atoms with van der Waals surface area (Å²) in [7, 11) is 0. The van der Waals surface area contributed by atoms with Crippen molar-refractivity contribution in [1.82, 2.24) is 9.97 Å². The molecule has 0 radical (unpaired) electrons. The first-order valence-corrected chi connectivity index (χ1v) is 7.15. The van der Waals surface area contributed by atoms with Crippen LogP contribution in [0, 0.1) is 13.8 Å². The van der Waals surface area contributed by atoms with Crippen molar-refractivity contribution in [3.8, 4) is 5.75 Å². The van der Waals surface area contributed by atoms with Gasteiger partial charge in [-0.05, 0) is 36.6 Å². The van der Waals surface area contributed by atoms with Gasteiger partial charge in [-0.25, -0.2) is 4.98 Å². The van der Waals surface area contributed by atoms with E-state index in [0.717, 1.165) is 32.5 Å². The smallest absolute Gasteiger partial charge is 0.181 e. The Morgan fingerprint density at radius 3 is 2.59 bits per heavy atom. The average Bonchev–Trinajstić information content (AvgIpc) is 2.84. The Balaban J connectivity index is 0.00000121. The number of phenols is 1. The third-order valence-electron chi connectivity index (χ3n) is 3.54. The summed E-state index contributed by atoms with van der Waals surface area (Å²) in [5.74, 6) is 0.333. The molecule has 0 saturated heterocycles. The predicted molar refractivity (Wildman–Crippen MR) is 96.7 cm³/mol. The van der Waals surface area contributed by atoms with Crippen molar-refractivity contribution in [3.05, 3.63) is 46.8 Å². The molecule has 0 unspecified atom stereocenters. The number of phenolic OH excluding ortho intramolecular Hbond substituents is 1. The van der Waals surface area contributed by atoms with E-state index in [4.69, 9.17) is 5.73 Å². The summed E-state index contributed by atoms with van der Waals surface area (Å²) in [5.41, 5.74) is 10.5. The number of anilines is 1. The molecule has 3 aromatic rings. The Kier molecular flexibility index (Phi) is 6.00. The van der Waals surface area contributed by atoms with Crippen molar-refractivity contribution in [3.63, 3.8) is 0 Å². The molecule has 0 spiro atoms. The highest BCUT2D eigenvalue weighted by Crippen LogP contribution is 2.38. The molecule has 0 aliphatic carbocycles. The van der Waals surface area contributed by atoms with Crippen LogP contribution in [0.2, 0.25) is 0 Å². The fourth-order valence-corrected chi connectivity index (χ4v) is 3.29. The Morgan fingerprint density at radius 2 is 1.95 bits per heavy atom. The van der Waals surface area contributed by atoms with Crippen molar-refractivity contribution < 1.29 is 5.11 Å². The van der Waals surface area contributed by atoms with Crippen LogP contribution in [0.1, 0.15) is 22.3 Å². The lowest BCUT2D eigenvalue weighted by molar-refractivity contribution is 0.467. The van der Waals surface area contributed by atoms with Gasteiger partial charge in [-0.3, -0.25) is 4.98 Å². The van der Waals surface area contributed by atoms with Gasteiger partial charge in [0.25, 0.3) is 0 Å². The minimum Gasteiger partial charge on any atom is -0.507 e. The summed E-state index contributed by atoms with van der Waals surface area (Å²) in [6.07, 6.45) is 4.27. The van der Waals surface area contributed by atoms with Crippen molar-refractivity contribution in [2.75, 3.05) is 5.73 Å². The normalized spacial score (nSPS) is 10.1. The number of rotatable bonds is 2. The second-order valence-electron chi connectivity index (χ2n) is 4.85. The number of benzene rings is 1. The number of fused-ring (bicyclic) bond motifs is 1. The average molecular weight is 358 g/mol. The van der Waals surface area contributed by atoms with Gasteiger partial charge in [-0.15, -0.1) is 24.8 Å². The molecule has 0 aliphatic heterocycles. The van der Waals surface area contributed by atoms with Crippen molar-refractivity contribution >= 4 is 51.5 Å². The van der Waals surface area contributed by atoms with Gasteiger partial charge >= 0.3 is 0 Å². The lowest BCUT2D eigenvalue weighted by Gasteiger charge is -2.11. The minimum absolute atomic E-state index is 0. The Morgan fingerprint density at radius 1 is 1.23 bits per heavy atom. The Hall–Kier alpha value is -1.56. The summed E-state index contributed by atoms with van der Waals surface area (Å²) in [6.45, 7) is 3.82. The van der Waals surface area contributed by atoms with Gasteiger partial charge in [-0.1, -0.05) is 17.4 Å². The number of aromatic hydroxyl groups is 1. The minimum atomic E-state index is 0. The van der Waals surface area contributed by atoms with E-state index in [0.29, 0.717) is 17.3 Å². The highest BCUT2D eigenvalue weighted by Gasteiger charge is 2.17. The first kappa shape index (κ1) is 18.5.